The first-order chi connectivity index (χ1) is 9.65. The van der Waals surface area contributed by atoms with Crippen molar-refractivity contribution in [1.82, 2.24) is 10.3 Å². The summed E-state index contributed by atoms with van der Waals surface area (Å²) < 4.78 is 0. The van der Waals surface area contributed by atoms with Crippen LogP contribution >= 0.6 is 11.8 Å². The largest absolute Gasteiger partial charge is 0.369 e. The Morgan fingerprint density at radius 1 is 1.20 bits per heavy atom. The van der Waals surface area contributed by atoms with Crippen LogP contribution in [-0.4, -0.2) is 10.9 Å². The lowest BCUT2D eigenvalue weighted by Crippen LogP contribution is -2.32. The summed E-state index contributed by atoms with van der Waals surface area (Å²) in [5.41, 5.74) is 9.58. The first kappa shape index (κ1) is 12.7. The van der Waals surface area contributed by atoms with Gasteiger partial charge in [0.2, 0.25) is 0 Å². The van der Waals surface area contributed by atoms with Crippen molar-refractivity contribution in [2.75, 3.05) is 0 Å². The molecule has 0 unspecified atom stereocenters. The van der Waals surface area contributed by atoms with Gasteiger partial charge in [0.05, 0.1) is 5.69 Å². The van der Waals surface area contributed by atoms with E-state index in [1.165, 1.54) is 5.56 Å². The van der Waals surface area contributed by atoms with Gasteiger partial charge in [-0.25, -0.2) is 4.99 Å². The summed E-state index contributed by atoms with van der Waals surface area (Å²) in [5.74, 6) is 0.381. The molecule has 1 aliphatic rings. The summed E-state index contributed by atoms with van der Waals surface area (Å²) >= 11 is 1.68. The number of aliphatic imine (C=N–C) groups is 1. The standard InChI is InChI=1S/C15H14N4S/c1-9-3-4-12-13(10(2)18-15(16)19-12)14(9)20-11-5-7-17-8-6-11/h3-8H,2H2,1H3,(H3,16,18,19). The van der Waals surface area contributed by atoms with E-state index in [0.29, 0.717) is 5.96 Å². The van der Waals surface area contributed by atoms with Crippen LogP contribution in [0.4, 0.5) is 5.69 Å². The van der Waals surface area contributed by atoms with Gasteiger partial charge in [0.25, 0.3) is 0 Å². The lowest BCUT2D eigenvalue weighted by molar-refractivity contribution is 1.14. The van der Waals surface area contributed by atoms with Crippen molar-refractivity contribution in [3.8, 4) is 0 Å². The number of guanidine groups is 1. The zero-order valence-corrected chi connectivity index (χ0v) is 11.9. The van der Waals surface area contributed by atoms with E-state index in [2.05, 4.69) is 34.9 Å². The van der Waals surface area contributed by atoms with Crippen LogP contribution < -0.4 is 11.1 Å². The molecule has 1 aromatic carbocycles. The molecular weight excluding hydrogens is 268 g/mol. The molecule has 1 aliphatic heterocycles. The van der Waals surface area contributed by atoms with Crippen LogP contribution in [0.1, 0.15) is 11.1 Å². The second kappa shape index (κ2) is 5.02. The van der Waals surface area contributed by atoms with Crippen molar-refractivity contribution in [1.29, 1.82) is 0 Å². The Morgan fingerprint density at radius 2 is 1.95 bits per heavy atom. The van der Waals surface area contributed by atoms with Gasteiger partial charge in [0.15, 0.2) is 5.96 Å². The van der Waals surface area contributed by atoms with Crippen LogP contribution in [0, 0.1) is 6.92 Å². The number of fused-ring (bicyclic) bond motifs is 1. The van der Waals surface area contributed by atoms with Crippen LogP contribution in [0.15, 0.2) is 58.0 Å². The van der Waals surface area contributed by atoms with Gasteiger partial charge < -0.3 is 11.1 Å². The fourth-order valence-corrected chi connectivity index (χ4v) is 3.14. The predicted molar refractivity (Wildman–Crippen MR) is 83.0 cm³/mol. The average Bonchev–Trinajstić information content (AvgIpc) is 2.43. The maximum Gasteiger partial charge on any atom is 0.198 e. The van der Waals surface area contributed by atoms with Crippen LogP contribution in [0.3, 0.4) is 0 Å². The molecular formula is C15H14N4S. The third kappa shape index (κ3) is 2.28. The fourth-order valence-electron chi connectivity index (χ4n) is 2.09. The number of aryl methyl sites for hydroxylation is 1. The van der Waals surface area contributed by atoms with E-state index >= 15 is 0 Å². The number of nitrogens with one attached hydrogen (secondary N) is 1. The molecule has 3 rings (SSSR count). The van der Waals surface area contributed by atoms with Gasteiger partial charge in [-0.05, 0) is 30.7 Å². The minimum atomic E-state index is 0.381. The normalized spacial score (nSPS) is 13.4. The lowest BCUT2D eigenvalue weighted by atomic mass is 10.1. The Hall–Kier alpha value is -2.27. The maximum absolute atomic E-state index is 5.74. The Bertz CT molecular complexity index is 707. The molecule has 0 atom stereocenters. The van der Waals surface area contributed by atoms with Crippen molar-refractivity contribution in [3.05, 3.63) is 54.4 Å². The van der Waals surface area contributed by atoms with Crippen molar-refractivity contribution in [2.24, 2.45) is 10.7 Å². The molecule has 3 N–H and O–H groups in total. The monoisotopic (exact) mass is 282 g/mol. The van der Waals surface area contributed by atoms with E-state index in [1.807, 2.05) is 18.2 Å². The molecule has 0 radical (unpaired) electrons. The minimum absolute atomic E-state index is 0.381. The Morgan fingerprint density at radius 3 is 2.70 bits per heavy atom. The zero-order valence-electron chi connectivity index (χ0n) is 11.1. The third-order valence-electron chi connectivity index (χ3n) is 3.02. The summed E-state index contributed by atoms with van der Waals surface area (Å²) in [7, 11) is 0. The van der Waals surface area contributed by atoms with E-state index in [1.54, 1.807) is 24.2 Å². The lowest BCUT2D eigenvalue weighted by Gasteiger charge is -2.21. The van der Waals surface area contributed by atoms with Crippen LogP contribution in [-0.2, 0) is 0 Å². The highest BCUT2D eigenvalue weighted by atomic mass is 32.2. The number of nitrogens with zero attached hydrogens (tertiary/aromatic N) is 2. The number of rotatable bonds is 2. The van der Waals surface area contributed by atoms with Crippen LogP contribution in [0.25, 0.3) is 5.70 Å². The first-order valence-corrected chi connectivity index (χ1v) is 6.99. The molecule has 0 aliphatic carbocycles. The van der Waals surface area contributed by atoms with Gasteiger partial charge in [-0.1, -0.05) is 24.4 Å². The number of pyridine rings is 1. The molecule has 4 nitrogen and oxygen atoms in total. The second-order valence-electron chi connectivity index (χ2n) is 4.49. The summed E-state index contributed by atoms with van der Waals surface area (Å²) in [4.78, 5) is 10.6. The molecule has 20 heavy (non-hydrogen) atoms. The number of hydrogen-bond donors (Lipinski definition) is 2. The highest BCUT2D eigenvalue weighted by Crippen LogP contribution is 2.41. The van der Waals surface area contributed by atoms with Gasteiger partial charge in [0, 0.05) is 33.4 Å². The molecule has 0 saturated carbocycles. The third-order valence-corrected chi connectivity index (χ3v) is 4.26. The number of nitrogens with two attached hydrogens (primary N) is 1. The van der Waals surface area contributed by atoms with E-state index in [-0.39, 0.29) is 0 Å². The molecule has 2 heterocycles. The van der Waals surface area contributed by atoms with E-state index < -0.39 is 0 Å². The van der Waals surface area contributed by atoms with E-state index in [0.717, 1.165) is 26.7 Å². The number of hydrogen-bond acceptors (Lipinski definition) is 5. The topological polar surface area (TPSA) is 63.3 Å². The molecule has 2 aromatic rings. The highest BCUT2D eigenvalue weighted by Gasteiger charge is 2.19. The molecule has 0 fully saturated rings. The molecule has 100 valence electrons. The van der Waals surface area contributed by atoms with Gasteiger partial charge in [-0.15, -0.1) is 0 Å². The van der Waals surface area contributed by atoms with Crippen molar-refractivity contribution < 1.29 is 0 Å². The molecule has 0 bridgehead atoms. The maximum atomic E-state index is 5.74. The Labute approximate surface area is 121 Å². The summed E-state index contributed by atoms with van der Waals surface area (Å²) in [6.45, 7) is 6.13. The second-order valence-corrected chi connectivity index (χ2v) is 5.58. The Balaban J connectivity index is 2.12. The van der Waals surface area contributed by atoms with E-state index in [9.17, 15) is 0 Å². The van der Waals surface area contributed by atoms with Gasteiger partial charge in [0.1, 0.15) is 0 Å². The summed E-state index contributed by atoms with van der Waals surface area (Å²) in [6.07, 6.45) is 3.58. The van der Waals surface area contributed by atoms with Gasteiger partial charge in [-0.2, -0.15) is 0 Å². The fraction of sp³-hybridized carbons (Fsp3) is 0.0667. The van der Waals surface area contributed by atoms with Gasteiger partial charge >= 0.3 is 0 Å². The van der Waals surface area contributed by atoms with Crippen molar-refractivity contribution >= 4 is 29.1 Å². The summed E-state index contributed by atoms with van der Waals surface area (Å²) in [6, 6.07) is 8.00. The SMILES string of the molecule is C=C1NC(N)=Nc2ccc(C)c(Sc3ccncc3)c21. The first-order valence-electron chi connectivity index (χ1n) is 6.17. The zero-order chi connectivity index (χ0) is 14.1. The van der Waals surface area contributed by atoms with Crippen LogP contribution in [0.5, 0.6) is 0 Å². The van der Waals surface area contributed by atoms with Crippen LogP contribution in [0.2, 0.25) is 0 Å². The predicted octanol–water partition coefficient (Wildman–Crippen LogP) is 3.06. The molecule has 1 aromatic heterocycles. The molecule has 0 amide bonds. The number of aromatic nitrogens is 1. The molecule has 5 heteroatoms. The van der Waals surface area contributed by atoms with E-state index in [4.69, 9.17) is 5.73 Å². The average molecular weight is 282 g/mol. The number of benzene rings is 1. The highest BCUT2D eigenvalue weighted by molar-refractivity contribution is 7.99. The quantitative estimate of drug-likeness (QED) is 0.888. The van der Waals surface area contributed by atoms with Crippen molar-refractivity contribution in [2.45, 2.75) is 16.7 Å². The van der Waals surface area contributed by atoms with Gasteiger partial charge in [-0.3, -0.25) is 4.98 Å². The smallest absolute Gasteiger partial charge is 0.198 e. The molecule has 0 spiro atoms. The minimum Gasteiger partial charge on any atom is -0.369 e. The molecule has 0 saturated heterocycles. The van der Waals surface area contributed by atoms with Crippen molar-refractivity contribution in [3.63, 3.8) is 0 Å². The summed E-state index contributed by atoms with van der Waals surface area (Å²) in [5, 5.41) is 3.00. The Kier molecular flexibility index (Phi) is 3.20.